The maximum atomic E-state index is 11.4. The van der Waals surface area contributed by atoms with Crippen LogP contribution in [0, 0.1) is 0 Å². The maximum Gasteiger partial charge on any atom is 0.349 e. The van der Waals surface area contributed by atoms with Crippen LogP contribution in [0.2, 0.25) is 0 Å². The van der Waals surface area contributed by atoms with Crippen LogP contribution in [0.1, 0.15) is 13.3 Å². The summed E-state index contributed by atoms with van der Waals surface area (Å²) >= 11 is 0. The number of nitrogens with two attached hydrogens (primary N) is 1. The molecule has 8 heteroatoms. The average molecular weight is 254 g/mol. The maximum absolute atomic E-state index is 11.4. The number of nitrogens with zero attached hydrogens (tertiary/aromatic N) is 2. The van der Waals surface area contributed by atoms with Gasteiger partial charge in [0, 0.05) is 19.2 Å². The molecular formula is C10H14N4O4. The Hall–Kier alpha value is -2.38. The summed E-state index contributed by atoms with van der Waals surface area (Å²) in [5.74, 6) is -1.46. The van der Waals surface area contributed by atoms with E-state index in [9.17, 15) is 14.4 Å². The first-order valence-electron chi connectivity index (χ1n) is 5.25. The highest BCUT2D eigenvalue weighted by molar-refractivity contribution is 5.83. The van der Waals surface area contributed by atoms with E-state index in [2.05, 4.69) is 10.3 Å². The highest BCUT2D eigenvalue weighted by atomic mass is 16.4. The third-order valence-corrected chi connectivity index (χ3v) is 2.22. The van der Waals surface area contributed by atoms with Gasteiger partial charge in [0.1, 0.15) is 11.9 Å². The number of rotatable bonds is 5. The fraction of sp³-hybridized carbons (Fsp3) is 0.400. The third-order valence-electron chi connectivity index (χ3n) is 2.22. The standard InChI is InChI=1S/C10H14N4O4/c1-6(9(16)17)12-8(15)3-5-14-4-2-7(11)13-10(14)18/h2,4,6H,3,5H2,1H3,(H,12,15)(H,16,17)(H2,11,13,18)/t6-/m0/s1. The van der Waals surface area contributed by atoms with Crippen LogP contribution in [0.3, 0.4) is 0 Å². The molecule has 0 aliphatic carbocycles. The molecule has 1 atom stereocenters. The molecule has 0 fully saturated rings. The summed E-state index contributed by atoms with van der Waals surface area (Å²) < 4.78 is 1.22. The molecule has 0 saturated heterocycles. The normalized spacial score (nSPS) is 11.8. The van der Waals surface area contributed by atoms with E-state index in [4.69, 9.17) is 10.8 Å². The van der Waals surface area contributed by atoms with Crippen LogP contribution in [0.15, 0.2) is 17.1 Å². The second-order valence-corrected chi connectivity index (χ2v) is 3.71. The van der Waals surface area contributed by atoms with Crippen molar-refractivity contribution in [2.24, 2.45) is 0 Å². The zero-order valence-corrected chi connectivity index (χ0v) is 9.79. The number of carbonyl (C=O) groups is 2. The molecule has 1 aromatic heterocycles. The number of nitrogen functional groups attached to an aromatic ring is 1. The van der Waals surface area contributed by atoms with E-state index in [1.807, 2.05) is 0 Å². The van der Waals surface area contributed by atoms with E-state index in [0.717, 1.165) is 0 Å². The number of carboxylic acids is 1. The second-order valence-electron chi connectivity index (χ2n) is 3.71. The van der Waals surface area contributed by atoms with Gasteiger partial charge in [0.15, 0.2) is 0 Å². The predicted octanol–water partition coefficient (Wildman–Crippen LogP) is -1.20. The Morgan fingerprint density at radius 2 is 2.28 bits per heavy atom. The van der Waals surface area contributed by atoms with E-state index < -0.39 is 23.6 Å². The lowest BCUT2D eigenvalue weighted by Crippen LogP contribution is -2.39. The first-order valence-corrected chi connectivity index (χ1v) is 5.25. The quantitative estimate of drug-likeness (QED) is 0.606. The van der Waals surface area contributed by atoms with Crippen LogP contribution in [-0.2, 0) is 16.1 Å². The van der Waals surface area contributed by atoms with E-state index in [1.54, 1.807) is 0 Å². The lowest BCUT2D eigenvalue weighted by molar-refractivity contribution is -0.141. The predicted molar refractivity (Wildman–Crippen MR) is 62.8 cm³/mol. The number of aromatic nitrogens is 2. The van der Waals surface area contributed by atoms with Crippen LogP contribution < -0.4 is 16.7 Å². The molecule has 0 radical (unpaired) electrons. The Labute approximate surface area is 102 Å². The van der Waals surface area contributed by atoms with Gasteiger partial charge in [-0.05, 0) is 13.0 Å². The molecule has 1 heterocycles. The van der Waals surface area contributed by atoms with Crippen molar-refractivity contribution in [1.82, 2.24) is 14.9 Å². The van der Waals surface area contributed by atoms with Gasteiger partial charge in [-0.3, -0.25) is 14.2 Å². The molecule has 1 amide bonds. The highest BCUT2D eigenvalue weighted by Crippen LogP contribution is 1.93. The Morgan fingerprint density at radius 1 is 1.61 bits per heavy atom. The topological polar surface area (TPSA) is 127 Å². The molecule has 0 unspecified atom stereocenters. The summed E-state index contributed by atoms with van der Waals surface area (Å²) in [4.78, 5) is 36.7. The van der Waals surface area contributed by atoms with Gasteiger partial charge < -0.3 is 16.2 Å². The zero-order valence-electron chi connectivity index (χ0n) is 9.79. The first-order chi connectivity index (χ1) is 8.40. The summed E-state index contributed by atoms with van der Waals surface area (Å²) in [5.41, 5.74) is 4.77. The fourth-order valence-corrected chi connectivity index (χ4v) is 1.21. The number of aliphatic carboxylic acids is 1. The Bertz CT molecular complexity index is 511. The highest BCUT2D eigenvalue weighted by Gasteiger charge is 2.13. The fourth-order valence-electron chi connectivity index (χ4n) is 1.21. The molecule has 0 aliphatic heterocycles. The van der Waals surface area contributed by atoms with Gasteiger partial charge in [-0.25, -0.2) is 4.79 Å². The molecule has 0 aliphatic rings. The van der Waals surface area contributed by atoms with Gasteiger partial charge in [-0.1, -0.05) is 0 Å². The van der Waals surface area contributed by atoms with E-state index in [-0.39, 0.29) is 18.8 Å². The van der Waals surface area contributed by atoms with Crippen molar-refractivity contribution in [1.29, 1.82) is 0 Å². The molecule has 1 rings (SSSR count). The molecule has 0 spiro atoms. The third kappa shape index (κ3) is 3.89. The van der Waals surface area contributed by atoms with Crippen molar-refractivity contribution in [3.63, 3.8) is 0 Å². The average Bonchev–Trinajstić information content (AvgIpc) is 2.27. The van der Waals surface area contributed by atoms with Crippen LogP contribution in [0.5, 0.6) is 0 Å². The number of carboxylic acid groups (broad SMARTS) is 1. The second kappa shape index (κ2) is 5.80. The van der Waals surface area contributed by atoms with E-state index >= 15 is 0 Å². The van der Waals surface area contributed by atoms with Crippen molar-refractivity contribution in [3.05, 3.63) is 22.7 Å². The Balaban J connectivity index is 2.53. The number of aryl methyl sites for hydroxylation is 1. The lowest BCUT2D eigenvalue weighted by atomic mass is 10.3. The molecule has 98 valence electrons. The molecule has 8 nitrogen and oxygen atoms in total. The number of anilines is 1. The van der Waals surface area contributed by atoms with Crippen molar-refractivity contribution in [2.45, 2.75) is 25.9 Å². The van der Waals surface area contributed by atoms with Crippen LogP contribution in [0.4, 0.5) is 5.82 Å². The summed E-state index contributed by atoms with van der Waals surface area (Å²) in [7, 11) is 0. The lowest BCUT2D eigenvalue weighted by Gasteiger charge is -2.09. The minimum atomic E-state index is -1.12. The number of nitrogens with one attached hydrogen (secondary N) is 1. The molecule has 4 N–H and O–H groups in total. The summed E-state index contributed by atoms with van der Waals surface area (Å²) in [6.45, 7) is 1.47. The number of hydrogen-bond donors (Lipinski definition) is 3. The summed E-state index contributed by atoms with van der Waals surface area (Å²) in [6, 6.07) is 0.484. The van der Waals surface area contributed by atoms with Crippen molar-refractivity contribution in [2.75, 3.05) is 5.73 Å². The van der Waals surface area contributed by atoms with E-state index in [1.165, 1.54) is 23.8 Å². The van der Waals surface area contributed by atoms with Gasteiger partial charge in [-0.2, -0.15) is 4.98 Å². The SMILES string of the molecule is C[C@H](NC(=O)CCn1ccc(N)nc1=O)C(=O)O. The van der Waals surface area contributed by atoms with Crippen LogP contribution in [-0.4, -0.2) is 32.6 Å². The zero-order chi connectivity index (χ0) is 13.7. The van der Waals surface area contributed by atoms with Crippen molar-refractivity contribution in [3.8, 4) is 0 Å². The molecule has 1 aromatic rings. The largest absolute Gasteiger partial charge is 0.480 e. The molecular weight excluding hydrogens is 240 g/mol. The van der Waals surface area contributed by atoms with Gasteiger partial charge in [0.2, 0.25) is 5.91 Å². The van der Waals surface area contributed by atoms with Gasteiger partial charge in [-0.15, -0.1) is 0 Å². The first kappa shape index (κ1) is 13.7. The molecule has 0 bridgehead atoms. The van der Waals surface area contributed by atoms with Gasteiger partial charge in [0.05, 0.1) is 0 Å². The minimum Gasteiger partial charge on any atom is -0.480 e. The minimum absolute atomic E-state index is 0.0108. The van der Waals surface area contributed by atoms with Gasteiger partial charge >= 0.3 is 11.7 Å². The molecule has 18 heavy (non-hydrogen) atoms. The summed E-state index contributed by atoms with van der Waals surface area (Å²) in [6.07, 6.45) is 1.42. The Morgan fingerprint density at radius 3 is 2.83 bits per heavy atom. The number of amides is 1. The van der Waals surface area contributed by atoms with Crippen molar-refractivity contribution < 1.29 is 14.7 Å². The van der Waals surface area contributed by atoms with Crippen LogP contribution >= 0.6 is 0 Å². The van der Waals surface area contributed by atoms with E-state index in [0.29, 0.717) is 0 Å². The number of hydrogen-bond acceptors (Lipinski definition) is 5. The monoisotopic (exact) mass is 254 g/mol. The molecule has 0 saturated carbocycles. The molecule has 0 aromatic carbocycles. The van der Waals surface area contributed by atoms with Crippen LogP contribution in [0.25, 0.3) is 0 Å². The number of carbonyl (C=O) groups excluding carboxylic acids is 1. The smallest absolute Gasteiger partial charge is 0.349 e. The Kier molecular flexibility index (Phi) is 4.41. The van der Waals surface area contributed by atoms with Gasteiger partial charge in [0.25, 0.3) is 0 Å². The summed E-state index contributed by atoms with van der Waals surface area (Å²) in [5, 5.41) is 10.9. The van der Waals surface area contributed by atoms with Crippen molar-refractivity contribution >= 4 is 17.7 Å².